The molecular weight excluding hydrogens is 618 g/mol. The minimum Gasteiger partial charge on any atom is -0.484 e. The third-order valence-corrected chi connectivity index (χ3v) is 10.0. The zero-order valence-corrected chi connectivity index (χ0v) is 26.5. The molecule has 2 aliphatic rings. The lowest BCUT2D eigenvalue weighted by Gasteiger charge is -2.32. The van der Waals surface area contributed by atoms with Crippen molar-refractivity contribution in [1.82, 2.24) is 14.5 Å². The van der Waals surface area contributed by atoms with E-state index in [9.17, 15) is 18.0 Å². The molecule has 0 aliphatic carbocycles. The van der Waals surface area contributed by atoms with Crippen molar-refractivity contribution in [3.63, 3.8) is 0 Å². The van der Waals surface area contributed by atoms with Gasteiger partial charge in [-0.25, -0.2) is 8.42 Å². The number of carbonyl (C=O) groups is 2. The standard InChI is InChI=1S/C33H38ClN3O7S/c34-27-10-8-26(9-11-27)23-37(31(21-25-5-2-1-3-6-25)33(39)35-22-29-7-4-18-43-29)32(38)24-44-28-12-14-30(15-13-28)45(40,41)36-16-19-42-20-17-36/h1-3,5-6,8-15,29,31H,4,7,16-24H2,(H,35,39)/t29-,31+/m0/s1. The van der Waals surface area contributed by atoms with Crippen LogP contribution in [0.4, 0.5) is 0 Å². The van der Waals surface area contributed by atoms with E-state index < -0.39 is 22.0 Å². The minimum atomic E-state index is -3.66. The van der Waals surface area contributed by atoms with E-state index in [4.69, 9.17) is 25.8 Å². The number of amides is 2. The van der Waals surface area contributed by atoms with Gasteiger partial charge in [0.1, 0.15) is 11.8 Å². The van der Waals surface area contributed by atoms with Crippen molar-refractivity contribution < 1.29 is 32.2 Å². The maximum Gasteiger partial charge on any atom is 0.261 e. The Kier molecular flexibility index (Phi) is 11.5. The summed E-state index contributed by atoms with van der Waals surface area (Å²) in [5.41, 5.74) is 1.71. The number of halogens is 1. The van der Waals surface area contributed by atoms with Gasteiger partial charge in [-0.1, -0.05) is 54.1 Å². The molecule has 0 bridgehead atoms. The monoisotopic (exact) mass is 655 g/mol. The first-order chi connectivity index (χ1) is 21.8. The Labute approximate surface area is 269 Å². The number of benzene rings is 3. The van der Waals surface area contributed by atoms with Crippen LogP contribution in [0.5, 0.6) is 5.75 Å². The van der Waals surface area contributed by atoms with Crippen molar-refractivity contribution in [3.05, 3.63) is 95.0 Å². The maximum atomic E-state index is 13.9. The number of nitrogens with one attached hydrogen (secondary N) is 1. The van der Waals surface area contributed by atoms with E-state index in [0.29, 0.717) is 56.6 Å². The molecule has 1 N–H and O–H groups in total. The van der Waals surface area contributed by atoms with Crippen LogP contribution in [0, 0.1) is 0 Å². The number of nitrogens with zero attached hydrogens (tertiary/aromatic N) is 2. The molecule has 45 heavy (non-hydrogen) atoms. The molecule has 0 radical (unpaired) electrons. The van der Waals surface area contributed by atoms with Crippen molar-refractivity contribution in [2.45, 2.75) is 42.8 Å². The van der Waals surface area contributed by atoms with E-state index >= 15 is 0 Å². The summed E-state index contributed by atoms with van der Waals surface area (Å²) in [6.07, 6.45) is 2.07. The number of hydrogen-bond acceptors (Lipinski definition) is 7. The average molecular weight is 656 g/mol. The lowest BCUT2D eigenvalue weighted by Crippen LogP contribution is -2.52. The summed E-state index contributed by atoms with van der Waals surface area (Å²) >= 11 is 6.11. The van der Waals surface area contributed by atoms with Crippen LogP contribution < -0.4 is 10.1 Å². The second-order valence-electron chi connectivity index (χ2n) is 11.0. The van der Waals surface area contributed by atoms with E-state index in [1.165, 1.54) is 33.5 Å². The predicted octanol–water partition coefficient (Wildman–Crippen LogP) is 3.68. The zero-order valence-electron chi connectivity index (χ0n) is 25.0. The Bertz CT molecular complexity index is 1510. The summed E-state index contributed by atoms with van der Waals surface area (Å²) in [6.45, 7) is 2.14. The summed E-state index contributed by atoms with van der Waals surface area (Å²) in [7, 11) is -3.66. The smallest absolute Gasteiger partial charge is 0.261 e. The highest BCUT2D eigenvalue weighted by atomic mass is 35.5. The molecule has 12 heteroatoms. The second-order valence-corrected chi connectivity index (χ2v) is 13.4. The number of carbonyl (C=O) groups excluding carboxylic acids is 2. The largest absolute Gasteiger partial charge is 0.484 e. The number of sulfonamides is 1. The summed E-state index contributed by atoms with van der Waals surface area (Å²) in [5.74, 6) is -0.351. The number of hydrogen-bond donors (Lipinski definition) is 1. The van der Waals surface area contributed by atoms with Gasteiger partial charge in [0.05, 0.1) is 24.2 Å². The molecule has 2 amide bonds. The molecule has 3 aromatic carbocycles. The van der Waals surface area contributed by atoms with Gasteiger partial charge in [0.2, 0.25) is 15.9 Å². The van der Waals surface area contributed by atoms with Gasteiger partial charge in [-0.05, 0) is 60.4 Å². The Morgan fingerprint density at radius 2 is 1.67 bits per heavy atom. The molecule has 2 atom stereocenters. The Morgan fingerprint density at radius 3 is 2.33 bits per heavy atom. The van der Waals surface area contributed by atoms with Gasteiger partial charge in [0.25, 0.3) is 5.91 Å². The summed E-state index contributed by atoms with van der Waals surface area (Å²) in [5, 5.41) is 3.57. The number of rotatable bonds is 13. The molecule has 0 unspecified atom stereocenters. The molecule has 0 saturated carbocycles. The van der Waals surface area contributed by atoms with Gasteiger partial charge >= 0.3 is 0 Å². The summed E-state index contributed by atoms with van der Waals surface area (Å²) in [4.78, 5) is 29.3. The van der Waals surface area contributed by atoms with Crippen LogP contribution in [0.1, 0.15) is 24.0 Å². The molecule has 3 aromatic rings. The van der Waals surface area contributed by atoms with Gasteiger partial charge in [0.15, 0.2) is 6.61 Å². The minimum absolute atomic E-state index is 0.0508. The topological polar surface area (TPSA) is 114 Å². The van der Waals surface area contributed by atoms with E-state index in [2.05, 4.69) is 5.32 Å². The third kappa shape index (κ3) is 9.05. The fourth-order valence-electron chi connectivity index (χ4n) is 5.35. The van der Waals surface area contributed by atoms with Crippen molar-refractivity contribution in [3.8, 4) is 5.75 Å². The van der Waals surface area contributed by atoms with Crippen LogP contribution in [0.15, 0.2) is 83.8 Å². The first-order valence-corrected chi connectivity index (χ1v) is 16.9. The molecule has 2 saturated heterocycles. The van der Waals surface area contributed by atoms with Gasteiger partial charge < -0.3 is 24.4 Å². The first kappa shape index (κ1) is 32.9. The molecule has 240 valence electrons. The predicted molar refractivity (Wildman–Crippen MR) is 169 cm³/mol. The molecule has 0 spiro atoms. The Hall–Kier alpha value is -3.48. The summed E-state index contributed by atoms with van der Waals surface area (Å²) in [6, 6.07) is 21.8. The Morgan fingerprint density at radius 1 is 0.956 bits per heavy atom. The molecule has 2 aliphatic heterocycles. The van der Waals surface area contributed by atoms with E-state index in [0.717, 1.165) is 24.0 Å². The van der Waals surface area contributed by atoms with E-state index in [-0.39, 0.29) is 30.1 Å². The normalized spacial score (nSPS) is 17.8. The van der Waals surface area contributed by atoms with Gasteiger partial charge in [-0.3, -0.25) is 9.59 Å². The Balaban J connectivity index is 1.33. The first-order valence-electron chi connectivity index (χ1n) is 15.1. The number of ether oxygens (including phenoxy) is 3. The van der Waals surface area contributed by atoms with Crippen molar-refractivity contribution >= 4 is 33.4 Å². The molecule has 0 aromatic heterocycles. The van der Waals surface area contributed by atoms with E-state index in [1.54, 1.807) is 12.1 Å². The van der Waals surface area contributed by atoms with Gasteiger partial charge in [-0.15, -0.1) is 0 Å². The average Bonchev–Trinajstić information content (AvgIpc) is 3.60. The maximum absolute atomic E-state index is 13.9. The van der Waals surface area contributed by atoms with E-state index in [1.807, 2.05) is 42.5 Å². The summed E-state index contributed by atoms with van der Waals surface area (Å²) < 4.78 is 44.2. The van der Waals surface area contributed by atoms with Crippen molar-refractivity contribution in [2.75, 3.05) is 46.1 Å². The van der Waals surface area contributed by atoms with Crippen LogP contribution in [-0.2, 0) is 42.1 Å². The molecule has 2 fully saturated rings. The highest BCUT2D eigenvalue weighted by Crippen LogP contribution is 2.22. The van der Waals surface area contributed by atoms with Gasteiger partial charge in [0, 0.05) is 44.2 Å². The molecule has 10 nitrogen and oxygen atoms in total. The highest BCUT2D eigenvalue weighted by Gasteiger charge is 2.32. The second kappa shape index (κ2) is 15.7. The fourth-order valence-corrected chi connectivity index (χ4v) is 6.88. The van der Waals surface area contributed by atoms with Crippen LogP contribution in [-0.4, -0.2) is 87.6 Å². The highest BCUT2D eigenvalue weighted by molar-refractivity contribution is 7.89. The number of morpholine rings is 1. The van der Waals surface area contributed by atoms with Crippen molar-refractivity contribution in [1.29, 1.82) is 0 Å². The SMILES string of the molecule is O=C(NC[C@@H]1CCCO1)[C@@H](Cc1ccccc1)N(Cc1ccc(Cl)cc1)C(=O)COc1ccc(S(=O)(=O)N2CCOCC2)cc1. The van der Waals surface area contributed by atoms with Crippen molar-refractivity contribution in [2.24, 2.45) is 0 Å². The molecule has 2 heterocycles. The lowest BCUT2D eigenvalue weighted by molar-refractivity contribution is -0.143. The van der Waals surface area contributed by atoms with Crippen LogP contribution >= 0.6 is 11.6 Å². The van der Waals surface area contributed by atoms with Gasteiger partial charge in [-0.2, -0.15) is 4.31 Å². The van der Waals surface area contributed by atoms with Crippen LogP contribution in [0.3, 0.4) is 0 Å². The van der Waals surface area contributed by atoms with Crippen LogP contribution in [0.2, 0.25) is 5.02 Å². The lowest BCUT2D eigenvalue weighted by atomic mass is 10.0. The molecule has 5 rings (SSSR count). The fraction of sp³-hybridized carbons (Fsp3) is 0.394. The quantitative estimate of drug-likeness (QED) is 0.299. The molecular formula is C33H38ClN3O7S. The third-order valence-electron chi connectivity index (χ3n) is 7.86. The van der Waals surface area contributed by atoms with Crippen LogP contribution in [0.25, 0.3) is 0 Å². The zero-order chi connectivity index (χ0) is 31.6.